The number of fused-ring (bicyclic) bond motifs is 1. The summed E-state index contributed by atoms with van der Waals surface area (Å²) in [6.07, 6.45) is 5.42. The first kappa shape index (κ1) is 13.7. The van der Waals surface area contributed by atoms with Crippen molar-refractivity contribution in [1.82, 2.24) is 0 Å². The molecule has 0 amide bonds. The van der Waals surface area contributed by atoms with Crippen molar-refractivity contribution in [2.45, 2.75) is 38.9 Å². The summed E-state index contributed by atoms with van der Waals surface area (Å²) in [5.74, 6) is -1.80. The van der Waals surface area contributed by atoms with Crippen molar-refractivity contribution in [3.8, 4) is 0 Å². The molecule has 4 aliphatic carbocycles. The van der Waals surface area contributed by atoms with Crippen LogP contribution in [-0.4, -0.2) is 33.0 Å². The minimum absolute atomic E-state index is 0.229. The van der Waals surface area contributed by atoms with Gasteiger partial charge >= 0.3 is 0 Å². The fourth-order valence-electron chi connectivity index (χ4n) is 4.46. The van der Waals surface area contributed by atoms with E-state index in [0.29, 0.717) is 5.57 Å². The summed E-state index contributed by atoms with van der Waals surface area (Å²) >= 11 is 0. The van der Waals surface area contributed by atoms with Gasteiger partial charge < -0.3 is 10.2 Å². The number of carbonyl (C=O) groups is 2. The molecule has 1 saturated carbocycles. The lowest BCUT2D eigenvalue weighted by Crippen LogP contribution is -2.69. The average Bonchev–Trinajstić information content (AvgIpc) is 2.35. The zero-order valence-electron chi connectivity index (χ0n) is 12.2. The minimum Gasteiger partial charge on any atom is -0.382 e. The van der Waals surface area contributed by atoms with Gasteiger partial charge in [-0.05, 0) is 33.3 Å². The van der Waals surface area contributed by atoms with E-state index in [1.54, 1.807) is 26.0 Å². The molecule has 0 unspecified atom stereocenters. The normalized spacial score (nSPS) is 53.9. The van der Waals surface area contributed by atoms with E-state index in [1.807, 2.05) is 6.08 Å². The fourth-order valence-corrected chi connectivity index (χ4v) is 4.46. The van der Waals surface area contributed by atoms with Crippen LogP contribution in [0.5, 0.6) is 0 Å². The van der Waals surface area contributed by atoms with E-state index in [0.717, 1.165) is 0 Å². The van der Waals surface area contributed by atoms with Gasteiger partial charge in [0.1, 0.15) is 11.2 Å². The van der Waals surface area contributed by atoms with Crippen molar-refractivity contribution in [2.24, 2.45) is 23.2 Å². The summed E-state index contributed by atoms with van der Waals surface area (Å²) in [7, 11) is 0. The summed E-state index contributed by atoms with van der Waals surface area (Å²) < 4.78 is 0. The van der Waals surface area contributed by atoms with E-state index in [2.05, 4.69) is 0 Å². The van der Waals surface area contributed by atoms with E-state index in [4.69, 9.17) is 0 Å². The van der Waals surface area contributed by atoms with Gasteiger partial charge in [-0.2, -0.15) is 0 Å². The molecule has 6 atom stereocenters. The summed E-state index contributed by atoms with van der Waals surface area (Å²) in [5.41, 5.74) is -3.46. The van der Waals surface area contributed by atoms with E-state index in [1.165, 1.54) is 13.8 Å². The Morgan fingerprint density at radius 2 is 1.65 bits per heavy atom. The number of hydrogen-bond acceptors (Lipinski definition) is 4. The Bertz CT molecular complexity index is 581. The number of allylic oxidation sites excluding steroid dienone is 2. The molecular formula is C16H20O4. The van der Waals surface area contributed by atoms with Gasteiger partial charge in [0.2, 0.25) is 0 Å². The molecule has 2 bridgehead atoms. The first-order valence-corrected chi connectivity index (χ1v) is 6.97. The predicted molar refractivity (Wildman–Crippen MR) is 72.7 cm³/mol. The van der Waals surface area contributed by atoms with Crippen LogP contribution in [0, 0.1) is 23.2 Å². The standard InChI is InChI=1S/C16H20O4/c1-8-7-10-11(16(4,20)12(8)17)9-5-6-14(10,2)13(18)15(9,3)19/h5-7,9-11,19-20H,1-4H3/t9-,10+,11+,14+,15+,16+/m0/s1. The number of rotatable bonds is 0. The molecule has 4 rings (SSSR count). The van der Waals surface area contributed by atoms with Gasteiger partial charge in [-0.15, -0.1) is 0 Å². The number of ketones is 2. The summed E-state index contributed by atoms with van der Waals surface area (Å²) in [5, 5.41) is 21.3. The van der Waals surface area contributed by atoms with Crippen molar-refractivity contribution in [1.29, 1.82) is 0 Å². The third kappa shape index (κ3) is 1.29. The van der Waals surface area contributed by atoms with Crippen LogP contribution in [0.4, 0.5) is 0 Å². The van der Waals surface area contributed by atoms with Crippen molar-refractivity contribution in [3.63, 3.8) is 0 Å². The molecule has 4 nitrogen and oxygen atoms in total. The summed E-state index contributed by atoms with van der Waals surface area (Å²) in [6.45, 7) is 6.44. The van der Waals surface area contributed by atoms with Gasteiger partial charge in [-0.25, -0.2) is 0 Å². The highest BCUT2D eigenvalue weighted by atomic mass is 16.3. The number of Topliss-reactive ketones (excluding diaryl/α,β-unsaturated/α-hetero) is 2. The molecule has 4 heteroatoms. The Morgan fingerprint density at radius 1 is 1.05 bits per heavy atom. The van der Waals surface area contributed by atoms with Crippen LogP contribution in [0.1, 0.15) is 27.7 Å². The highest BCUT2D eigenvalue weighted by Gasteiger charge is 2.67. The molecule has 0 saturated heterocycles. The van der Waals surface area contributed by atoms with Crippen molar-refractivity contribution < 1.29 is 19.8 Å². The van der Waals surface area contributed by atoms with Gasteiger partial charge in [-0.3, -0.25) is 9.59 Å². The molecule has 0 radical (unpaired) electrons. The van der Waals surface area contributed by atoms with E-state index < -0.39 is 28.5 Å². The molecule has 0 aliphatic heterocycles. The van der Waals surface area contributed by atoms with Crippen LogP contribution >= 0.6 is 0 Å². The molecular weight excluding hydrogens is 256 g/mol. The Morgan fingerprint density at radius 3 is 2.25 bits per heavy atom. The van der Waals surface area contributed by atoms with Crippen LogP contribution in [-0.2, 0) is 9.59 Å². The highest BCUT2D eigenvalue weighted by Crippen LogP contribution is 2.59. The molecule has 4 aliphatic rings. The lowest BCUT2D eigenvalue weighted by molar-refractivity contribution is -0.185. The van der Waals surface area contributed by atoms with Crippen LogP contribution in [0.15, 0.2) is 23.8 Å². The number of hydrogen-bond donors (Lipinski definition) is 2. The zero-order valence-corrected chi connectivity index (χ0v) is 12.2. The summed E-state index contributed by atoms with van der Waals surface area (Å²) in [6, 6.07) is 0. The topological polar surface area (TPSA) is 74.6 Å². The van der Waals surface area contributed by atoms with E-state index >= 15 is 0 Å². The maximum Gasteiger partial charge on any atom is 0.189 e. The molecule has 0 spiro atoms. The van der Waals surface area contributed by atoms with Crippen molar-refractivity contribution >= 4 is 11.6 Å². The zero-order chi connectivity index (χ0) is 15.1. The van der Waals surface area contributed by atoms with Crippen molar-refractivity contribution in [2.75, 3.05) is 0 Å². The third-order valence-corrected chi connectivity index (χ3v) is 5.61. The Hall–Kier alpha value is -1.26. The molecule has 0 aromatic heterocycles. The monoisotopic (exact) mass is 276 g/mol. The molecule has 0 aromatic carbocycles. The van der Waals surface area contributed by atoms with Crippen LogP contribution in [0.25, 0.3) is 0 Å². The lowest BCUT2D eigenvalue weighted by atomic mass is 9.44. The summed E-state index contributed by atoms with van der Waals surface area (Å²) in [4.78, 5) is 24.9. The average molecular weight is 276 g/mol. The second-order valence-corrected chi connectivity index (χ2v) is 7.02. The van der Waals surface area contributed by atoms with Gasteiger partial charge in [0.05, 0.1) is 5.41 Å². The van der Waals surface area contributed by atoms with Gasteiger partial charge in [0, 0.05) is 17.8 Å². The van der Waals surface area contributed by atoms with E-state index in [9.17, 15) is 19.8 Å². The molecule has 20 heavy (non-hydrogen) atoms. The molecule has 1 fully saturated rings. The smallest absolute Gasteiger partial charge is 0.189 e. The number of carbonyl (C=O) groups excluding carboxylic acids is 2. The Labute approximate surface area is 118 Å². The number of aliphatic hydroxyl groups is 2. The second-order valence-electron chi connectivity index (χ2n) is 7.02. The van der Waals surface area contributed by atoms with Crippen LogP contribution in [0.3, 0.4) is 0 Å². The van der Waals surface area contributed by atoms with Gasteiger partial charge in [0.15, 0.2) is 11.6 Å². The largest absolute Gasteiger partial charge is 0.382 e. The second kappa shape index (κ2) is 3.49. The van der Waals surface area contributed by atoms with Gasteiger partial charge in [-0.1, -0.05) is 18.2 Å². The van der Waals surface area contributed by atoms with Crippen molar-refractivity contribution in [3.05, 3.63) is 23.8 Å². The quantitative estimate of drug-likeness (QED) is 0.648. The molecule has 0 aromatic rings. The SMILES string of the molecule is CC1=C[C@@H]2[C@@H]([C@@H]3C=C[C@@]2(C)C(=O)[C@]3(C)O)[C@@](C)(O)C1=O. The van der Waals surface area contributed by atoms with Crippen LogP contribution < -0.4 is 0 Å². The Balaban J connectivity index is 2.27. The molecule has 0 heterocycles. The molecule has 2 N–H and O–H groups in total. The first-order valence-electron chi connectivity index (χ1n) is 6.97. The Kier molecular flexibility index (Phi) is 2.39. The lowest BCUT2D eigenvalue weighted by Gasteiger charge is -2.59. The third-order valence-electron chi connectivity index (χ3n) is 5.61. The maximum atomic E-state index is 12.6. The minimum atomic E-state index is -1.55. The molecule has 108 valence electrons. The van der Waals surface area contributed by atoms with Crippen LogP contribution in [0.2, 0.25) is 0 Å². The predicted octanol–water partition coefficient (Wildman–Crippen LogP) is 1.02. The van der Waals surface area contributed by atoms with Gasteiger partial charge in [0.25, 0.3) is 0 Å². The first-order chi connectivity index (χ1) is 9.04. The maximum absolute atomic E-state index is 12.6. The highest BCUT2D eigenvalue weighted by molar-refractivity contribution is 6.04. The fraction of sp³-hybridized carbons (Fsp3) is 0.625. The van der Waals surface area contributed by atoms with E-state index in [-0.39, 0.29) is 17.5 Å².